The van der Waals surface area contributed by atoms with Crippen LogP contribution >= 0.6 is 0 Å². The van der Waals surface area contributed by atoms with Crippen LogP contribution in [0.15, 0.2) is 18.5 Å². The van der Waals surface area contributed by atoms with Crippen molar-refractivity contribution in [1.29, 1.82) is 0 Å². The van der Waals surface area contributed by atoms with Gasteiger partial charge in [-0.1, -0.05) is 0 Å². The molecule has 0 bridgehead atoms. The number of halogens is 3. The summed E-state index contributed by atoms with van der Waals surface area (Å²) < 4.78 is 39.1. The minimum atomic E-state index is -4.68. The van der Waals surface area contributed by atoms with E-state index in [0.29, 0.717) is 6.20 Å². The number of aromatic nitrogens is 1. The quantitative estimate of drug-likeness (QED) is 0.905. The molecule has 1 N–H and O–H groups in total. The average Bonchev–Trinajstić information content (AvgIpc) is 2.45. The molecule has 0 saturated carbocycles. The molecule has 1 aliphatic rings. The standard InChI is InChI=1S/C15H17F3N2O3/c1-8-5-10(14(22)23)6-9(2)20(8)13(21)11-3-4-19-7-12(11)15(16,17)18/h3-4,7-10H,5-6H2,1-2H3,(H,22,23)/t8-,9+,10?. The highest BCUT2D eigenvalue weighted by atomic mass is 19.4. The highest BCUT2D eigenvalue weighted by molar-refractivity contribution is 5.96. The summed E-state index contributed by atoms with van der Waals surface area (Å²) in [6.07, 6.45) is -2.46. The van der Waals surface area contributed by atoms with Gasteiger partial charge in [0.25, 0.3) is 5.91 Å². The van der Waals surface area contributed by atoms with E-state index in [4.69, 9.17) is 5.11 Å². The van der Waals surface area contributed by atoms with Crippen LogP contribution in [-0.4, -0.2) is 39.0 Å². The molecule has 8 heteroatoms. The molecule has 1 fully saturated rings. The van der Waals surface area contributed by atoms with Crippen molar-refractivity contribution in [3.05, 3.63) is 29.6 Å². The minimum absolute atomic E-state index is 0.220. The number of carbonyl (C=O) groups is 2. The van der Waals surface area contributed by atoms with Crippen molar-refractivity contribution >= 4 is 11.9 Å². The molecular formula is C15H17F3N2O3. The molecule has 2 rings (SSSR count). The van der Waals surface area contributed by atoms with Crippen molar-refractivity contribution in [2.75, 3.05) is 0 Å². The fourth-order valence-electron chi connectivity index (χ4n) is 3.13. The Labute approximate surface area is 131 Å². The Morgan fingerprint density at radius 2 is 1.83 bits per heavy atom. The number of alkyl halides is 3. The third-order valence-electron chi connectivity index (χ3n) is 4.14. The first kappa shape index (κ1) is 17.2. The van der Waals surface area contributed by atoms with Crippen LogP contribution in [0.3, 0.4) is 0 Å². The zero-order valence-corrected chi connectivity index (χ0v) is 12.7. The molecule has 0 radical (unpaired) electrons. The monoisotopic (exact) mass is 330 g/mol. The zero-order valence-electron chi connectivity index (χ0n) is 12.7. The highest BCUT2D eigenvalue weighted by Crippen LogP contribution is 2.34. The second kappa shape index (κ2) is 6.17. The van der Waals surface area contributed by atoms with Crippen LogP contribution in [0.2, 0.25) is 0 Å². The summed E-state index contributed by atoms with van der Waals surface area (Å²) in [6, 6.07) is 0.136. The average molecular weight is 330 g/mol. The Hall–Kier alpha value is -2.12. The Morgan fingerprint density at radius 1 is 1.26 bits per heavy atom. The van der Waals surface area contributed by atoms with Gasteiger partial charge in [-0.2, -0.15) is 13.2 Å². The summed E-state index contributed by atoms with van der Waals surface area (Å²) >= 11 is 0. The van der Waals surface area contributed by atoms with E-state index in [1.54, 1.807) is 13.8 Å². The van der Waals surface area contributed by atoms with E-state index in [9.17, 15) is 22.8 Å². The smallest absolute Gasteiger partial charge is 0.418 e. The molecule has 0 aliphatic carbocycles. The van der Waals surface area contributed by atoms with E-state index in [2.05, 4.69) is 4.98 Å². The third-order valence-corrected chi connectivity index (χ3v) is 4.14. The number of pyridine rings is 1. The lowest BCUT2D eigenvalue weighted by Crippen LogP contribution is -2.51. The van der Waals surface area contributed by atoms with Gasteiger partial charge in [0.2, 0.25) is 0 Å². The predicted molar refractivity (Wildman–Crippen MR) is 74.7 cm³/mol. The second-order valence-electron chi connectivity index (χ2n) is 5.84. The Kier molecular flexibility index (Phi) is 4.63. The van der Waals surface area contributed by atoms with Gasteiger partial charge in [0.15, 0.2) is 0 Å². The maximum atomic E-state index is 13.0. The molecule has 23 heavy (non-hydrogen) atoms. The molecule has 126 valence electrons. The first-order valence-corrected chi connectivity index (χ1v) is 7.19. The molecule has 1 aromatic heterocycles. The molecule has 5 nitrogen and oxygen atoms in total. The van der Waals surface area contributed by atoms with Gasteiger partial charge >= 0.3 is 12.1 Å². The van der Waals surface area contributed by atoms with Gasteiger partial charge < -0.3 is 10.0 Å². The van der Waals surface area contributed by atoms with E-state index < -0.39 is 47.2 Å². The normalized spacial score (nSPS) is 25.3. The summed E-state index contributed by atoms with van der Waals surface area (Å²) in [7, 11) is 0. The number of carboxylic acids is 1. The topological polar surface area (TPSA) is 70.5 Å². The van der Waals surface area contributed by atoms with E-state index in [-0.39, 0.29) is 12.8 Å². The second-order valence-corrected chi connectivity index (χ2v) is 5.84. The molecule has 1 amide bonds. The van der Waals surface area contributed by atoms with Crippen LogP contribution in [0.5, 0.6) is 0 Å². The number of likely N-dealkylation sites (tertiary alicyclic amines) is 1. The molecule has 0 aromatic carbocycles. The van der Waals surface area contributed by atoms with Crippen molar-refractivity contribution < 1.29 is 27.9 Å². The summed E-state index contributed by atoms with van der Waals surface area (Å²) in [5.74, 6) is -2.29. The van der Waals surface area contributed by atoms with Crippen LogP contribution in [0.4, 0.5) is 13.2 Å². The molecule has 0 spiro atoms. The Morgan fingerprint density at radius 3 is 2.30 bits per heavy atom. The van der Waals surface area contributed by atoms with Crippen LogP contribution < -0.4 is 0 Å². The summed E-state index contributed by atoms with van der Waals surface area (Å²) in [4.78, 5) is 28.5. The van der Waals surface area contributed by atoms with E-state index in [0.717, 1.165) is 12.3 Å². The van der Waals surface area contributed by atoms with Crippen molar-refractivity contribution in [3.8, 4) is 0 Å². The van der Waals surface area contributed by atoms with Crippen LogP contribution in [-0.2, 0) is 11.0 Å². The largest absolute Gasteiger partial charge is 0.481 e. The first-order valence-electron chi connectivity index (χ1n) is 7.19. The predicted octanol–water partition coefficient (Wildman–Crippen LogP) is 2.81. The highest BCUT2D eigenvalue weighted by Gasteiger charge is 2.41. The molecule has 1 unspecified atom stereocenters. The van der Waals surface area contributed by atoms with Gasteiger partial charge in [0.1, 0.15) is 0 Å². The maximum Gasteiger partial charge on any atom is 0.418 e. The third kappa shape index (κ3) is 3.46. The molecule has 1 aliphatic heterocycles. The van der Waals surface area contributed by atoms with Gasteiger partial charge in [0, 0.05) is 24.5 Å². The lowest BCUT2D eigenvalue weighted by atomic mass is 9.86. The van der Waals surface area contributed by atoms with Gasteiger partial charge in [-0.3, -0.25) is 14.6 Å². The van der Waals surface area contributed by atoms with E-state index >= 15 is 0 Å². The van der Waals surface area contributed by atoms with Gasteiger partial charge in [-0.05, 0) is 32.8 Å². The van der Waals surface area contributed by atoms with Crippen LogP contribution in [0, 0.1) is 5.92 Å². The van der Waals surface area contributed by atoms with E-state index in [1.165, 1.54) is 4.90 Å². The Bertz CT molecular complexity index is 606. The molecular weight excluding hydrogens is 313 g/mol. The maximum absolute atomic E-state index is 13.0. The number of hydrogen-bond donors (Lipinski definition) is 1. The SMILES string of the molecule is C[C@@H]1CC(C(=O)O)C[C@H](C)N1C(=O)c1ccncc1C(F)(F)F. The molecule has 1 aromatic rings. The Balaban J connectivity index is 2.33. The fourth-order valence-corrected chi connectivity index (χ4v) is 3.13. The fraction of sp³-hybridized carbons (Fsp3) is 0.533. The van der Waals surface area contributed by atoms with Gasteiger partial charge in [0.05, 0.1) is 17.0 Å². The van der Waals surface area contributed by atoms with Crippen LogP contribution in [0.25, 0.3) is 0 Å². The lowest BCUT2D eigenvalue weighted by Gasteiger charge is -2.41. The van der Waals surface area contributed by atoms with Crippen molar-refractivity contribution in [3.63, 3.8) is 0 Å². The molecule has 1 saturated heterocycles. The number of piperidine rings is 1. The first-order chi connectivity index (χ1) is 10.6. The van der Waals surface area contributed by atoms with Crippen LogP contribution in [0.1, 0.15) is 42.6 Å². The number of carbonyl (C=O) groups excluding carboxylic acids is 1. The number of amides is 1. The summed E-state index contributed by atoms with van der Waals surface area (Å²) in [5, 5.41) is 9.11. The summed E-state index contributed by atoms with van der Waals surface area (Å²) in [5.41, 5.74) is -1.54. The molecule has 2 heterocycles. The van der Waals surface area contributed by atoms with Gasteiger partial charge in [-0.15, -0.1) is 0 Å². The van der Waals surface area contributed by atoms with Crippen molar-refractivity contribution in [2.45, 2.75) is 44.9 Å². The lowest BCUT2D eigenvalue weighted by molar-refractivity contribution is -0.144. The number of rotatable bonds is 2. The number of aliphatic carboxylic acids is 1. The number of hydrogen-bond acceptors (Lipinski definition) is 3. The molecule has 3 atom stereocenters. The number of nitrogens with zero attached hydrogens (tertiary/aromatic N) is 2. The van der Waals surface area contributed by atoms with E-state index in [1.807, 2.05) is 0 Å². The zero-order chi connectivity index (χ0) is 17.4. The minimum Gasteiger partial charge on any atom is -0.481 e. The van der Waals surface area contributed by atoms with Gasteiger partial charge in [-0.25, -0.2) is 0 Å². The number of carboxylic acid groups (broad SMARTS) is 1. The van der Waals surface area contributed by atoms with Crippen molar-refractivity contribution in [2.24, 2.45) is 5.92 Å². The summed E-state index contributed by atoms with van der Waals surface area (Å²) in [6.45, 7) is 3.30. The van der Waals surface area contributed by atoms with Crippen molar-refractivity contribution in [1.82, 2.24) is 9.88 Å².